The number of hydrogen-bond donors (Lipinski definition) is 1. The van der Waals surface area contributed by atoms with Crippen molar-refractivity contribution in [2.75, 3.05) is 13.2 Å². The summed E-state index contributed by atoms with van der Waals surface area (Å²) in [5.41, 5.74) is 0. The van der Waals surface area contributed by atoms with Crippen LogP contribution in [-0.2, 0) is 4.74 Å². The summed E-state index contributed by atoms with van der Waals surface area (Å²) in [6.07, 6.45) is 4.58. The van der Waals surface area contributed by atoms with Gasteiger partial charge in [0.25, 0.3) is 0 Å². The molecular formula is C9H18O2. The van der Waals surface area contributed by atoms with E-state index in [0.29, 0.717) is 6.61 Å². The van der Waals surface area contributed by atoms with Crippen molar-refractivity contribution in [2.45, 2.75) is 38.7 Å². The van der Waals surface area contributed by atoms with Crippen LogP contribution in [0.4, 0.5) is 0 Å². The normalized spacial score (nSPS) is 20.2. The van der Waals surface area contributed by atoms with E-state index in [1.807, 2.05) is 0 Å². The van der Waals surface area contributed by atoms with Crippen LogP contribution in [0.5, 0.6) is 0 Å². The lowest BCUT2D eigenvalue weighted by Gasteiger charge is -2.04. The van der Waals surface area contributed by atoms with Crippen LogP contribution in [-0.4, -0.2) is 24.4 Å². The van der Waals surface area contributed by atoms with Gasteiger partial charge in [-0.05, 0) is 25.7 Å². The molecule has 2 heteroatoms. The Balaban J connectivity index is 1.73. The average molecular weight is 158 g/mol. The lowest BCUT2D eigenvalue weighted by Crippen LogP contribution is -2.06. The van der Waals surface area contributed by atoms with Crippen LogP contribution in [0.2, 0.25) is 0 Å². The van der Waals surface area contributed by atoms with Crippen LogP contribution in [0.15, 0.2) is 0 Å². The highest BCUT2D eigenvalue weighted by atomic mass is 16.5. The molecule has 1 aliphatic rings. The first-order chi connectivity index (χ1) is 5.29. The summed E-state index contributed by atoms with van der Waals surface area (Å²) in [7, 11) is 0. The zero-order valence-corrected chi connectivity index (χ0v) is 7.25. The van der Waals surface area contributed by atoms with E-state index in [9.17, 15) is 0 Å². The van der Waals surface area contributed by atoms with E-state index in [4.69, 9.17) is 9.84 Å². The highest BCUT2D eigenvalue weighted by Crippen LogP contribution is 2.32. The summed E-state index contributed by atoms with van der Waals surface area (Å²) in [6.45, 7) is 3.39. The van der Waals surface area contributed by atoms with Crippen molar-refractivity contribution >= 4 is 0 Å². The minimum absolute atomic E-state index is 0.212. The van der Waals surface area contributed by atoms with Crippen molar-refractivity contribution in [1.82, 2.24) is 0 Å². The second-order valence-corrected chi connectivity index (χ2v) is 3.48. The second kappa shape index (κ2) is 4.73. The molecule has 2 nitrogen and oxygen atoms in total. The van der Waals surface area contributed by atoms with Crippen LogP contribution >= 0.6 is 0 Å². The third-order valence-corrected chi connectivity index (χ3v) is 2.05. The van der Waals surface area contributed by atoms with Crippen molar-refractivity contribution in [1.29, 1.82) is 0 Å². The molecule has 0 aromatic heterocycles. The summed E-state index contributed by atoms with van der Waals surface area (Å²) >= 11 is 0. The van der Waals surface area contributed by atoms with Crippen molar-refractivity contribution in [2.24, 2.45) is 5.92 Å². The summed E-state index contributed by atoms with van der Waals surface area (Å²) in [5.74, 6) is 0.960. The number of hydrogen-bond acceptors (Lipinski definition) is 2. The second-order valence-electron chi connectivity index (χ2n) is 3.48. The van der Waals surface area contributed by atoms with Crippen LogP contribution < -0.4 is 0 Å². The standard InChI is InChI=1S/C9H18O2/c1-8(10)4-6-11-7-5-9-2-3-9/h8-10H,2-7H2,1H3. The molecule has 0 heterocycles. The van der Waals surface area contributed by atoms with Gasteiger partial charge in [0.1, 0.15) is 0 Å². The Hall–Kier alpha value is -0.0800. The fourth-order valence-corrected chi connectivity index (χ4v) is 1.01. The molecule has 1 saturated carbocycles. The summed E-state index contributed by atoms with van der Waals surface area (Å²) in [6, 6.07) is 0. The van der Waals surface area contributed by atoms with E-state index in [2.05, 4.69) is 0 Å². The van der Waals surface area contributed by atoms with Gasteiger partial charge in [0, 0.05) is 13.2 Å². The molecule has 0 aromatic carbocycles. The SMILES string of the molecule is CC(O)CCOCCC1CC1. The largest absolute Gasteiger partial charge is 0.393 e. The summed E-state index contributed by atoms with van der Waals surface area (Å²) in [4.78, 5) is 0. The van der Waals surface area contributed by atoms with Gasteiger partial charge in [0.15, 0.2) is 0 Å². The molecule has 0 aliphatic heterocycles. The summed E-state index contributed by atoms with van der Waals surface area (Å²) < 4.78 is 5.34. The molecule has 0 radical (unpaired) electrons. The van der Waals surface area contributed by atoms with Gasteiger partial charge >= 0.3 is 0 Å². The maximum atomic E-state index is 8.89. The Bertz CT molecular complexity index is 93.7. The average Bonchev–Trinajstić information content (AvgIpc) is 2.70. The van der Waals surface area contributed by atoms with Gasteiger partial charge in [0.05, 0.1) is 6.10 Å². The van der Waals surface area contributed by atoms with Crippen LogP contribution in [0.3, 0.4) is 0 Å². The third kappa shape index (κ3) is 5.22. The Morgan fingerprint density at radius 1 is 1.45 bits per heavy atom. The molecule has 0 amide bonds. The molecule has 1 unspecified atom stereocenters. The smallest absolute Gasteiger partial charge is 0.0534 e. The molecule has 0 bridgehead atoms. The minimum Gasteiger partial charge on any atom is -0.393 e. The van der Waals surface area contributed by atoms with Crippen LogP contribution in [0.25, 0.3) is 0 Å². The predicted molar refractivity (Wildman–Crippen MR) is 44.5 cm³/mol. The maximum Gasteiger partial charge on any atom is 0.0534 e. The fourth-order valence-electron chi connectivity index (χ4n) is 1.01. The maximum absolute atomic E-state index is 8.89. The van der Waals surface area contributed by atoms with E-state index in [1.165, 1.54) is 19.3 Å². The van der Waals surface area contributed by atoms with Crippen LogP contribution in [0.1, 0.15) is 32.6 Å². The van der Waals surface area contributed by atoms with Gasteiger partial charge in [-0.2, -0.15) is 0 Å². The van der Waals surface area contributed by atoms with Gasteiger partial charge in [-0.25, -0.2) is 0 Å². The number of rotatable bonds is 6. The van der Waals surface area contributed by atoms with Gasteiger partial charge in [-0.3, -0.25) is 0 Å². The molecular weight excluding hydrogens is 140 g/mol. The monoisotopic (exact) mass is 158 g/mol. The van der Waals surface area contributed by atoms with E-state index < -0.39 is 0 Å². The van der Waals surface area contributed by atoms with Crippen molar-refractivity contribution < 1.29 is 9.84 Å². The number of aliphatic hydroxyl groups excluding tert-OH is 1. The third-order valence-electron chi connectivity index (χ3n) is 2.05. The van der Waals surface area contributed by atoms with E-state index in [0.717, 1.165) is 18.9 Å². The first-order valence-corrected chi connectivity index (χ1v) is 4.55. The first-order valence-electron chi connectivity index (χ1n) is 4.55. The van der Waals surface area contributed by atoms with Crippen molar-refractivity contribution in [3.8, 4) is 0 Å². The molecule has 1 fully saturated rings. The van der Waals surface area contributed by atoms with Crippen LogP contribution in [0, 0.1) is 5.92 Å². The Morgan fingerprint density at radius 3 is 2.73 bits per heavy atom. The number of ether oxygens (including phenoxy) is 1. The van der Waals surface area contributed by atoms with Gasteiger partial charge < -0.3 is 9.84 Å². The predicted octanol–water partition coefficient (Wildman–Crippen LogP) is 1.57. The Labute approximate surface area is 68.6 Å². The van der Waals surface area contributed by atoms with E-state index >= 15 is 0 Å². The molecule has 66 valence electrons. The Kier molecular flexibility index (Phi) is 3.87. The van der Waals surface area contributed by atoms with Gasteiger partial charge in [0.2, 0.25) is 0 Å². The lowest BCUT2D eigenvalue weighted by atomic mass is 10.3. The molecule has 1 rings (SSSR count). The zero-order valence-electron chi connectivity index (χ0n) is 7.25. The number of aliphatic hydroxyl groups is 1. The highest BCUT2D eigenvalue weighted by Gasteiger charge is 2.20. The zero-order chi connectivity index (χ0) is 8.10. The lowest BCUT2D eigenvalue weighted by molar-refractivity contribution is 0.0860. The van der Waals surface area contributed by atoms with E-state index in [1.54, 1.807) is 6.92 Å². The fraction of sp³-hybridized carbons (Fsp3) is 1.00. The first kappa shape index (κ1) is 9.01. The van der Waals surface area contributed by atoms with Gasteiger partial charge in [-0.1, -0.05) is 12.8 Å². The highest BCUT2D eigenvalue weighted by molar-refractivity contribution is 4.72. The molecule has 1 N–H and O–H groups in total. The Morgan fingerprint density at radius 2 is 2.18 bits per heavy atom. The molecule has 1 aliphatic carbocycles. The van der Waals surface area contributed by atoms with Crippen molar-refractivity contribution in [3.63, 3.8) is 0 Å². The molecule has 0 aromatic rings. The molecule has 0 saturated heterocycles. The molecule has 0 spiro atoms. The van der Waals surface area contributed by atoms with Gasteiger partial charge in [-0.15, -0.1) is 0 Å². The van der Waals surface area contributed by atoms with E-state index in [-0.39, 0.29) is 6.10 Å². The van der Waals surface area contributed by atoms with Crippen molar-refractivity contribution in [3.05, 3.63) is 0 Å². The molecule has 11 heavy (non-hydrogen) atoms. The summed E-state index contributed by atoms with van der Waals surface area (Å²) in [5, 5.41) is 8.89. The topological polar surface area (TPSA) is 29.5 Å². The minimum atomic E-state index is -0.212. The molecule has 1 atom stereocenters. The quantitative estimate of drug-likeness (QED) is 0.595.